The highest BCUT2D eigenvalue weighted by molar-refractivity contribution is 5.85. The van der Waals surface area contributed by atoms with Crippen molar-refractivity contribution in [3.8, 4) is 11.8 Å². The standard InChI is InChI=1S/C23H26N2O2/c1-6-27-21(26)20-24-14-17(15-25-20)8-7-16-9-10-18-19(13-16)23(4,5)12-11-22(18,2)3/h9-10,13-15H,6,11-12H2,1-5H3. The maximum absolute atomic E-state index is 11.6. The first kappa shape index (κ1) is 19.1. The van der Waals surface area contributed by atoms with Gasteiger partial charge < -0.3 is 4.74 Å². The number of benzene rings is 1. The minimum absolute atomic E-state index is 0.0557. The monoisotopic (exact) mass is 362 g/mol. The fourth-order valence-corrected chi connectivity index (χ4v) is 3.50. The molecule has 0 aliphatic heterocycles. The smallest absolute Gasteiger partial charge is 0.376 e. The van der Waals surface area contributed by atoms with Crippen LogP contribution in [-0.4, -0.2) is 22.5 Å². The van der Waals surface area contributed by atoms with Crippen molar-refractivity contribution in [2.75, 3.05) is 6.61 Å². The quantitative estimate of drug-likeness (QED) is 0.587. The summed E-state index contributed by atoms with van der Waals surface area (Å²) in [6.45, 7) is 11.3. The summed E-state index contributed by atoms with van der Waals surface area (Å²) in [7, 11) is 0. The number of fused-ring (bicyclic) bond motifs is 1. The molecule has 0 bridgehead atoms. The van der Waals surface area contributed by atoms with Crippen molar-refractivity contribution in [2.24, 2.45) is 0 Å². The molecule has 27 heavy (non-hydrogen) atoms. The van der Waals surface area contributed by atoms with Gasteiger partial charge in [-0.05, 0) is 53.9 Å². The average molecular weight is 362 g/mol. The van der Waals surface area contributed by atoms with Crippen molar-refractivity contribution in [2.45, 2.75) is 58.3 Å². The fraction of sp³-hybridized carbons (Fsp3) is 0.435. The van der Waals surface area contributed by atoms with Crippen molar-refractivity contribution in [3.05, 3.63) is 58.7 Å². The molecule has 4 nitrogen and oxygen atoms in total. The predicted molar refractivity (Wildman–Crippen MR) is 106 cm³/mol. The van der Waals surface area contributed by atoms with Gasteiger partial charge in [0, 0.05) is 18.0 Å². The maximum Gasteiger partial charge on any atom is 0.376 e. The van der Waals surface area contributed by atoms with Crippen LogP contribution in [0, 0.1) is 11.8 Å². The van der Waals surface area contributed by atoms with Gasteiger partial charge in [-0.25, -0.2) is 14.8 Å². The molecule has 0 atom stereocenters. The molecule has 1 aromatic carbocycles. The molecule has 140 valence electrons. The third kappa shape index (κ3) is 4.03. The normalized spacial score (nSPS) is 16.6. The Hall–Kier alpha value is -2.67. The van der Waals surface area contributed by atoms with Gasteiger partial charge in [-0.1, -0.05) is 45.6 Å². The second-order valence-electron chi connectivity index (χ2n) is 8.29. The number of ether oxygens (including phenoxy) is 1. The lowest BCUT2D eigenvalue weighted by atomic mass is 9.63. The first-order valence-electron chi connectivity index (χ1n) is 9.39. The molecule has 2 aromatic rings. The lowest BCUT2D eigenvalue weighted by molar-refractivity contribution is 0.0512. The van der Waals surface area contributed by atoms with Gasteiger partial charge in [0.05, 0.1) is 12.2 Å². The summed E-state index contributed by atoms with van der Waals surface area (Å²) in [5, 5.41) is 0. The van der Waals surface area contributed by atoms with Gasteiger partial charge in [0.2, 0.25) is 5.82 Å². The van der Waals surface area contributed by atoms with E-state index in [1.54, 1.807) is 19.3 Å². The number of aromatic nitrogens is 2. The first-order valence-corrected chi connectivity index (χ1v) is 9.39. The molecule has 0 fully saturated rings. The lowest BCUT2D eigenvalue weighted by Gasteiger charge is -2.41. The van der Waals surface area contributed by atoms with E-state index in [-0.39, 0.29) is 16.7 Å². The van der Waals surface area contributed by atoms with E-state index in [1.165, 1.54) is 24.0 Å². The molecule has 1 aliphatic carbocycles. The van der Waals surface area contributed by atoms with Crippen molar-refractivity contribution in [1.82, 2.24) is 9.97 Å². The summed E-state index contributed by atoms with van der Waals surface area (Å²) in [6.07, 6.45) is 5.48. The van der Waals surface area contributed by atoms with Crippen molar-refractivity contribution >= 4 is 5.97 Å². The Labute approximate surface area is 161 Å². The summed E-state index contributed by atoms with van der Waals surface area (Å²) in [5.41, 5.74) is 4.82. The molecule has 1 heterocycles. The van der Waals surface area contributed by atoms with Crippen LogP contribution in [-0.2, 0) is 15.6 Å². The maximum atomic E-state index is 11.6. The van der Waals surface area contributed by atoms with Crippen LogP contribution in [0.4, 0.5) is 0 Å². The third-order valence-electron chi connectivity index (χ3n) is 5.31. The van der Waals surface area contributed by atoms with Gasteiger partial charge >= 0.3 is 5.97 Å². The number of esters is 1. The molecule has 1 aliphatic rings. The summed E-state index contributed by atoms with van der Waals surface area (Å²) >= 11 is 0. The number of nitrogens with zero attached hydrogens (tertiary/aromatic N) is 2. The first-order chi connectivity index (χ1) is 12.7. The Morgan fingerprint density at radius 2 is 1.59 bits per heavy atom. The summed E-state index contributed by atoms with van der Waals surface area (Å²) < 4.78 is 4.89. The van der Waals surface area contributed by atoms with Gasteiger partial charge in [0.1, 0.15) is 0 Å². The van der Waals surface area contributed by atoms with E-state index in [2.05, 4.69) is 67.7 Å². The van der Waals surface area contributed by atoms with Crippen LogP contribution >= 0.6 is 0 Å². The molecule has 0 spiro atoms. The molecule has 0 radical (unpaired) electrons. The van der Waals surface area contributed by atoms with Gasteiger partial charge in [0.25, 0.3) is 0 Å². The van der Waals surface area contributed by atoms with E-state index in [0.29, 0.717) is 12.2 Å². The second-order valence-corrected chi connectivity index (χ2v) is 8.29. The van der Waals surface area contributed by atoms with Crippen LogP contribution in [0.3, 0.4) is 0 Å². The topological polar surface area (TPSA) is 52.1 Å². The van der Waals surface area contributed by atoms with Crippen LogP contribution in [0.1, 0.15) is 80.3 Å². The molecule has 0 amide bonds. The average Bonchev–Trinajstić information content (AvgIpc) is 2.64. The van der Waals surface area contributed by atoms with E-state index < -0.39 is 5.97 Å². The van der Waals surface area contributed by atoms with Crippen molar-refractivity contribution in [1.29, 1.82) is 0 Å². The number of carbonyl (C=O) groups is 1. The summed E-state index contributed by atoms with van der Waals surface area (Å²) in [6, 6.07) is 6.53. The highest BCUT2D eigenvalue weighted by atomic mass is 16.5. The SMILES string of the molecule is CCOC(=O)c1ncc(C#Cc2ccc3c(c2)C(C)(C)CCC3(C)C)cn1. The molecule has 0 saturated heterocycles. The minimum Gasteiger partial charge on any atom is -0.460 e. The van der Waals surface area contributed by atoms with Crippen molar-refractivity contribution < 1.29 is 9.53 Å². The molecule has 3 rings (SSSR count). The van der Waals surface area contributed by atoms with Crippen molar-refractivity contribution in [3.63, 3.8) is 0 Å². The Morgan fingerprint density at radius 1 is 1.00 bits per heavy atom. The largest absolute Gasteiger partial charge is 0.460 e. The van der Waals surface area contributed by atoms with Crippen LogP contribution in [0.5, 0.6) is 0 Å². The van der Waals surface area contributed by atoms with Gasteiger partial charge in [0.15, 0.2) is 0 Å². The second kappa shape index (κ2) is 7.15. The van der Waals surface area contributed by atoms with E-state index in [9.17, 15) is 4.79 Å². The molecular weight excluding hydrogens is 336 g/mol. The van der Waals surface area contributed by atoms with Gasteiger partial charge in [-0.2, -0.15) is 0 Å². The van der Waals surface area contributed by atoms with Crippen LogP contribution in [0.25, 0.3) is 0 Å². The Kier molecular flexibility index (Phi) is 5.06. The summed E-state index contributed by atoms with van der Waals surface area (Å²) in [4.78, 5) is 19.7. The highest BCUT2D eigenvalue weighted by Gasteiger charge is 2.36. The van der Waals surface area contributed by atoms with E-state index >= 15 is 0 Å². The van der Waals surface area contributed by atoms with E-state index in [1.807, 2.05) is 0 Å². The van der Waals surface area contributed by atoms with E-state index in [4.69, 9.17) is 4.74 Å². The number of carbonyl (C=O) groups excluding carboxylic acids is 1. The predicted octanol–water partition coefficient (Wildman–Crippen LogP) is 4.40. The van der Waals surface area contributed by atoms with Crippen LogP contribution in [0.2, 0.25) is 0 Å². The van der Waals surface area contributed by atoms with Gasteiger partial charge in [-0.15, -0.1) is 0 Å². The minimum atomic E-state index is -0.517. The van der Waals surface area contributed by atoms with E-state index in [0.717, 1.165) is 5.56 Å². The fourth-order valence-electron chi connectivity index (χ4n) is 3.50. The Balaban J connectivity index is 1.87. The molecule has 0 unspecified atom stereocenters. The number of rotatable bonds is 2. The zero-order valence-electron chi connectivity index (χ0n) is 16.7. The van der Waals surface area contributed by atoms with Crippen LogP contribution < -0.4 is 0 Å². The molecular formula is C23H26N2O2. The van der Waals surface area contributed by atoms with Gasteiger partial charge in [-0.3, -0.25) is 0 Å². The zero-order valence-corrected chi connectivity index (χ0v) is 16.7. The van der Waals surface area contributed by atoms with Crippen LogP contribution in [0.15, 0.2) is 30.6 Å². The number of hydrogen-bond acceptors (Lipinski definition) is 4. The molecule has 0 saturated carbocycles. The highest BCUT2D eigenvalue weighted by Crippen LogP contribution is 2.45. The Bertz CT molecular complexity index is 916. The number of hydrogen-bond donors (Lipinski definition) is 0. The molecule has 0 N–H and O–H groups in total. The third-order valence-corrected chi connectivity index (χ3v) is 5.31. The molecule has 4 heteroatoms. The summed E-state index contributed by atoms with van der Waals surface area (Å²) in [5.74, 6) is 5.83. The zero-order chi connectivity index (χ0) is 19.7. The lowest BCUT2D eigenvalue weighted by Crippen LogP contribution is -2.33. The Morgan fingerprint density at radius 3 is 2.22 bits per heavy atom. The molecule has 1 aromatic heterocycles.